The van der Waals surface area contributed by atoms with Gasteiger partial charge in [-0.15, -0.1) is 0 Å². The quantitative estimate of drug-likeness (QED) is 0.475. The number of carbonyl (C=O) groups excluding carboxylic acids is 1. The number of likely N-dealkylation sites (tertiary alicyclic amines) is 1. The van der Waals surface area contributed by atoms with Crippen LogP contribution in [-0.2, 0) is 0 Å². The zero-order valence-corrected chi connectivity index (χ0v) is 17.3. The highest BCUT2D eigenvalue weighted by Crippen LogP contribution is 2.32. The molecule has 2 aromatic carbocycles. The highest BCUT2D eigenvalue weighted by molar-refractivity contribution is 5.98. The molecule has 162 valence electrons. The van der Waals surface area contributed by atoms with Gasteiger partial charge in [-0.3, -0.25) is 9.78 Å². The summed E-state index contributed by atoms with van der Waals surface area (Å²) in [5.41, 5.74) is 2.28. The third-order valence-electron chi connectivity index (χ3n) is 5.69. The van der Waals surface area contributed by atoms with Crippen LogP contribution in [0.2, 0.25) is 0 Å². The Labute approximate surface area is 188 Å². The maximum Gasteiger partial charge on any atom is 0.258 e. The van der Waals surface area contributed by atoms with E-state index in [9.17, 15) is 18.8 Å². The molecule has 5 rings (SSSR count). The first-order valence-electron chi connectivity index (χ1n) is 10.3. The molecule has 4 aromatic rings. The number of fused-ring (bicyclic) bond motifs is 1. The molecule has 1 aliphatic rings. The predicted octanol–water partition coefficient (Wildman–Crippen LogP) is 4.38. The van der Waals surface area contributed by atoms with Crippen LogP contribution in [0.1, 0.15) is 15.9 Å². The number of anilines is 1. The Balaban J connectivity index is 1.40. The zero-order chi connectivity index (χ0) is 22.9. The number of hydrogen-bond donors (Lipinski definition) is 1. The number of aromatic nitrogens is 2. The summed E-state index contributed by atoms with van der Waals surface area (Å²) in [5, 5.41) is 14.4. The molecule has 0 spiro atoms. The van der Waals surface area contributed by atoms with Gasteiger partial charge in [-0.2, -0.15) is 9.65 Å². The Morgan fingerprint density at radius 1 is 1.09 bits per heavy atom. The number of nitriles is 1. The van der Waals surface area contributed by atoms with Crippen molar-refractivity contribution in [3.8, 4) is 17.2 Å². The minimum atomic E-state index is -0.778. The molecule has 1 amide bonds. The molecular weight excluding hydrogens is 424 g/mol. The van der Waals surface area contributed by atoms with Crippen LogP contribution in [0.25, 0.3) is 21.9 Å². The van der Waals surface area contributed by atoms with E-state index in [4.69, 9.17) is 0 Å². The van der Waals surface area contributed by atoms with E-state index in [1.807, 2.05) is 24.3 Å². The monoisotopic (exact) mass is 441 g/mol. The van der Waals surface area contributed by atoms with E-state index in [2.05, 4.69) is 15.3 Å². The fourth-order valence-electron chi connectivity index (χ4n) is 3.95. The molecule has 0 atom stereocenters. The standard InChI is InChI=1S/C25H17F2N5O/c26-22-4-3-15(8-18(22)11-28)17-9-16-5-7-29-12-21(16)23(10-17)31-19-13-32(14-19)25(33)20-2-1-6-30-24(20)27/h1-10,12,19,31H,13-14H2. The summed E-state index contributed by atoms with van der Waals surface area (Å²) in [6.45, 7) is 0.822. The van der Waals surface area contributed by atoms with Gasteiger partial charge >= 0.3 is 0 Å². The van der Waals surface area contributed by atoms with E-state index in [0.29, 0.717) is 18.7 Å². The predicted molar refractivity (Wildman–Crippen MR) is 119 cm³/mol. The molecule has 1 fully saturated rings. The Morgan fingerprint density at radius 3 is 2.73 bits per heavy atom. The molecular formula is C25H17F2N5O. The Bertz CT molecular complexity index is 1430. The number of halogens is 2. The normalized spacial score (nSPS) is 13.4. The zero-order valence-electron chi connectivity index (χ0n) is 17.3. The second kappa shape index (κ2) is 8.28. The molecule has 8 heteroatoms. The first kappa shape index (κ1) is 20.5. The van der Waals surface area contributed by atoms with Crippen LogP contribution in [-0.4, -0.2) is 39.9 Å². The molecule has 33 heavy (non-hydrogen) atoms. The molecule has 2 aromatic heterocycles. The van der Waals surface area contributed by atoms with Gasteiger partial charge in [-0.05, 0) is 59.0 Å². The lowest BCUT2D eigenvalue weighted by atomic mass is 9.98. The van der Waals surface area contributed by atoms with Gasteiger partial charge < -0.3 is 10.2 Å². The van der Waals surface area contributed by atoms with Crippen molar-refractivity contribution in [2.45, 2.75) is 6.04 Å². The summed E-state index contributed by atoms with van der Waals surface area (Å²) >= 11 is 0. The van der Waals surface area contributed by atoms with Crippen LogP contribution in [0, 0.1) is 23.1 Å². The molecule has 1 N–H and O–H groups in total. The topological polar surface area (TPSA) is 81.9 Å². The van der Waals surface area contributed by atoms with E-state index in [1.165, 1.54) is 30.5 Å². The largest absolute Gasteiger partial charge is 0.378 e. The van der Waals surface area contributed by atoms with Crippen molar-refractivity contribution in [1.29, 1.82) is 5.26 Å². The second-order valence-electron chi connectivity index (χ2n) is 7.82. The van der Waals surface area contributed by atoms with Gasteiger partial charge in [0.1, 0.15) is 11.9 Å². The summed E-state index contributed by atoms with van der Waals surface area (Å²) in [6.07, 6.45) is 4.74. The van der Waals surface area contributed by atoms with Gasteiger partial charge in [0.25, 0.3) is 5.91 Å². The summed E-state index contributed by atoms with van der Waals surface area (Å²) in [5.74, 6) is -1.73. The number of carbonyl (C=O) groups is 1. The van der Waals surface area contributed by atoms with Crippen molar-refractivity contribution < 1.29 is 13.6 Å². The third-order valence-corrected chi connectivity index (χ3v) is 5.69. The van der Waals surface area contributed by atoms with E-state index >= 15 is 0 Å². The number of hydrogen-bond acceptors (Lipinski definition) is 5. The number of amides is 1. The number of nitrogens with zero attached hydrogens (tertiary/aromatic N) is 4. The van der Waals surface area contributed by atoms with Crippen molar-refractivity contribution in [2.24, 2.45) is 0 Å². The Morgan fingerprint density at radius 2 is 1.94 bits per heavy atom. The number of pyridine rings is 2. The van der Waals surface area contributed by atoms with Gasteiger partial charge in [-0.1, -0.05) is 6.07 Å². The van der Waals surface area contributed by atoms with Gasteiger partial charge in [0.05, 0.1) is 17.2 Å². The highest BCUT2D eigenvalue weighted by Gasteiger charge is 2.32. The number of rotatable bonds is 4. The summed E-state index contributed by atoms with van der Waals surface area (Å²) in [7, 11) is 0. The Hall–Kier alpha value is -4.38. The van der Waals surface area contributed by atoms with E-state index in [1.54, 1.807) is 23.4 Å². The van der Waals surface area contributed by atoms with Crippen LogP contribution in [0.3, 0.4) is 0 Å². The Kier molecular flexibility index (Phi) is 5.15. The van der Waals surface area contributed by atoms with Crippen LogP contribution >= 0.6 is 0 Å². The van der Waals surface area contributed by atoms with Crippen molar-refractivity contribution in [3.63, 3.8) is 0 Å². The first-order chi connectivity index (χ1) is 16.0. The maximum atomic E-state index is 13.8. The average molecular weight is 441 g/mol. The SMILES string of the molecule is N#Cc1cc(-c2cc(NC3CN(C(=O)c4cccnc4F)C3)c3cnccc3c2)ccc1F. The summed E-state index contributed by atoms with van der Waals surface area (Å²) in [4.78, 5) is 21.8. The fraction of sp³-hybridized carbons (Fsp3) is 0.120. The van der Waals surface area contributed by atoms with Gasteiger partial charge in [0.15, 0.2) is 0 Å². The van der Waals surface area contributed by atoms with Crippen molar-refractivity contribution >= 4 is 22.4 Å². The van der Waals surface area contributed by atoms with Crippen LogP contribution < -0.4 is 5.32 Å². The van der Waals surface area contributed by atoms with Gasteiger partial charge in [-0.25, -0.2) is 9.37 Å². The molecule has 0 radical (unpaired) electrons. The number of nitrogens with one attached hydrogen (secondary N) is 1. The smallest absolute Gasteiger partial charge is 0.258 e. The van der Waals surface area contributed by atoms with Gasteiger partial charge in [0, 0.05) is 42.8 Å². The van der Waals surface area contributed by atoms with Crippen molar-refractivity contribution in [2.75, 3.05) is 18.4 Å². The van der Waals surface area contributed by atoms with Crippen molar-refractivity contribution in [1.82, 2.24) is 14.9 Å². The van der Waals surface area contributed by atoms with E-state index in [-0.39, 0.29) is 17.2 Å². The highest BCUT2D eigenvalue weighted by atomic mass is 19.1. The molecule has 0 saturated carbocycles. The molecule has 0 unspecified atom stereocenters. The van der Waals surface area contributed by atoms with Crippen LogP contribution in [0.15, 0.2) is 67.1 Å². The van der Waals surface area contributed by atoms with Crippen LogP contribution in [0.4, 0.5) is 14.5 Å². The van der Waals surface area contributed by atoms with E-state index in [0.717, 1.165) is 22.0 Å². The molecule has 1 aliphatic heterocycles. The molecule has 1 saturated heterocycles. The van der Waals surface area contributed by atoms with E-state index < -0.39 is 17.7 Å². The van der Waals surface area contributed by atoms with Gasteiger partial charge in [0.2, 0.25) is 5.95 Å². The van der Waals surface area contributed by atoms with Crippen LogP contribution in [0.5, 0.6) is 0 Å². The summed E-state index contributed by atoms with van der Waals surface area (Å²) < 4.78 is 27.6. The molecule has 6 nitrogen and oxygen atoms in total. The van der Waals surface area contributed by atoms with Crippen molar-refractivity contribution in [3.05, 3.63) is 90.0 Å². The lowest BCUT2D eigenvalue weighted by Gasteiger charge is -2.40. The second-order valence-corrected chi connectivity index (χ2v) is 7.82. The first-order valence-corrected chi connectivity index (χ1v) is 10.3. The number of benzene rings is 2. The fourth-order valence-corrected chi connectivity index (χ4v) is 3.95. The maximum absolute atomic E-state index is 13.8. The lowest BCUT2D eigenvalue weighted by molar-refractivity contribution is 0.0619. The minimum absolute atomic E-state index is 0.0207. The third kappa shape index (κ3) is 3.85. The minimum Gasteiger partial charge on any atom is -0.378 e. The molecule has 3 heterocycles. The summed E-state index contributed by atoms with van der Waals surface area (Å²) in [6, 6.07) is 15.0. The molecule has 0 aliphatic carbocycles. The lowest BCUT2D eigenvalue weighted by Crippen LogP contribution is -2.57. The molecule has 0 bridgehead atoms. The average Bonchev–Trinajstić information content (AvgIpc) is 2.81.